The summed E-state index contributed by atoms with van der Waals surface area (Å²) in [7, 11) is 1.50. The van der Waals surface area contributed by atoms with Crippen LogP contribution in [0.2, 0.25) is 0 Å². The van der Waals surface area contributed by atoms with Gasteiger partial charge in [0.1, 0.15) is 22.1 Å². The molecular weight excluding hydrogens is 1480 g/mol. The maximum atomic E-state index is 11.2. The van der Waals surface area contributed by atoms with E-state index in [2.05, 4.69) is 66.5 Å². The van der Waals surface area contributed by atoms with Gasteiger partial charge in [-0.1, -0.05) is 152 Å². The van der Waals surface area contributed by atoms with Crippen LogP contribution in [-0.2, 0) is 182 Å². The van der Waals surface area contributed by atoms with E-state index in [1.54, 1.807) is 24.8 Å². The third-order valence-electron chi connectivity index (χ3n) is 8.09. The molecule has 0 amide bonds. The molecule has 0 aliphatic carbocycles. The van der Waals surface area contributed by atoms with Crippen molar-refractivity contribution in [1.29, 1.82) is 0 Å². The molecular formula is C60H110N9O6WY4-. The smallest absolute Gasteiger partial charge is 0.300 e. The molecule has 8 aromatic heterocycles. The molecule has 0 aliphatic heterocycles. The van der Waals surface area contributed by atoms with E-state index in [9.17, 15) is 19.2 Å². The molecule has 4 radical (unpaired) electrons. The van der Waals surface area contributed by atoms with Crippen LogP contribution in [0.15, 0.2) is 130 Å². The Kier molecular flexibility index (Phi) is 118. The second-order valence-corrected chi connectivity index (χ2v) is 11.4. The maximum Gasteiger partial charge on any atom is 0.300 e. The number of carbonyl (C=O) groups is 1. The quantitative estimate of drug-likeness (QED) is 0.0740. The number of hydrogen-bond acceptors (Lipinski definition) is 6. The van der Waals surface area contributed by atoms with Crippen molar-refractivity contribution in [3.63, 3.8) is 0 Å². The number of hydrogen-bond donors (Lipinski definition) is 6. The number of aryl methyl sites for hydroxylation is 4. The van der Waals surface area contributed by atoms with Gasteiger partial charge in [0.15, 0.2) is 0 Å². The van der Waals surface area contributed by atoms with Gasteiger partial charge in [0.2, 0.25) is 0 Å². The van der Waals surface area contributed by atoms with Gasteiger partial charge in [-0.15, -0.1) is 13.2 Å². The van der Waals surface area contributed by atoms with E-state index in [4.69, 9.17) is 9.90 Å². The van der Waals surface area contributed by atoms with Crippen LogP contribution in [0, 0.1) is 7.43 Å². The first-order valence-corrected chi connectivity index (χ1v) is 27.0. The van der Waals surface area contributed by atoms with E-state index < -0.39 is 5.97 Å². The van der Waals surface area contributed by atoms with E-state index in [-0.39, 0.29) is 182 Å². The summed E-state index contributed by atoms with van der Waals surface area (Å²) in [6, 6.07) is 14.8. The predicted molar refractivity (Wildman–Crippen MR) is 333 cm³/mol. The van der Waals surface area contributed by atoms with Crippen LogP contribution < -0.4 is 28.0 Å². The van der Waals surface area contributed by atoms with Crippen molar-refractivity contribution < 1.29 is 162 Å². The van der Waals surface area contributed by atoms with Gasteiger partial charge >= 0.3 is 0 Å². The number of rotatable bonds is 4. The second-order valence-electron chi connectivity index (χ2n) is 11.4. The Hall–Kier alpha value is -1.77. The second kappa shape index (κ2) is 83.7. The van der Waals surface area contributed by atoms with Crippen LogP contribution in [0.3, 0.4) is 0 Å². The normalized spacial score (nSPS) is 7.56. The molecule has 20 heteroatoms. The number of nitrogens with zero attached hydrogens (tertiary/aromatic N) is 4. The van der Waals surface area contributed by atoms with Crippen molar-refractivity contribution in [2.45, 2.75) is 185 Å². The van der Waals surface area contributed by atoms with E-state index in [1.165, 1.54) is 7.05 Å². The molecule has 0 aromatic carbocycles. The van der Waals surface area contributed by atoms with E-state index in [1.807, 2.05) is 216 Å². The number of aromatic nitrogens is 8. The van der Waals surface area contributed by atoms with Gasteiger partial charge < -0.3 is 55.8 Å². The predicted octanol–water partition coefficient (Wildman–Crippen LogP) is 14.9. The molecule has 0 unspecified atom stereocenters. The van der Waals surface area contributed by atoms with Crippen molar-refractivity contribution in [2.24, 2.45) is 5.73 Å². The van der Waals surface area contributed by atoms with Crippen LogP contribution in [0.25, 0.3) is 22.1 Å². The number of carboxylic acid groups (broad SMARTS) is 1. The number of aromatic amines is 4. The molecule has 0 aliphatic rings. The summed E-state index contributed by atoms with van der Waals surface area (Å²) in [5.41, 5.74) is 11.7. The molecule has 0 saturated heterocycles. The van der Waals surface area contributed by atoms with Crippen molar-refractivity contribution in [2.75, 3.05) is 7.05 Å². The van der Waals surface area contributed by atoms with Gasteiger partial charge in [-0.25, -0.2) is 0 Å². The van der Waals surface area contributed by atoms with Crippen LogP contribution in [0.5, 0.6) is 0 Å². The molecule has 0 bridgehead atoms. The Morgan fingerprint density at radius 3 is 0.650 bits per heavy atom. The summed E-state index contributed by atoms with van der Waals surface area (Å²) in [4.78, 5) is 64.7. The summed E-state index contributed by atoms with van der Waals surface area (Å²) < 4.78 is 7.66. The Balaban J connectivity index is -0.0000000520. The number of nitrogens with one attached hydrogen (secondary N) is 4. The largest absolute Gasteiger partial charge is 0.481 e. The minimum absolute atomic E-state index is 0. The van der Waals surface area contributed by atoms with Crippen molar-refractivity contribution in [3.05, 3.63) is 183 Å². The Morgan fingerprint density at radius 2 is 0.537 bits per heavy atom. The fourth-order valence-electron chi connectivity index (χ4n) is 5.52. The SMILES string of the molecule is C=C.CC.CC.CC.CC.CC.CC.CC.CC.CC.CC(=O)O.CCc1c[nH]c(=O)c2cccn12.CCc1c[nH]c(=O)c2cccn12.CCc1c[nH]c(=O)c2cccn12.CCc1c[nH]c(=O)c2cccn12.CN.[CH3-].[W].[Y].[Y].[Y].[Y]. The minimum Gasteiger partial charge on any atom is -0.481 e. The zero-order chi connectivity index (χ0) is 59.8. The third-order valence-corrected chi connectivity index (χ3v) is 8.09. The first kappa shape index (κ1) is 113. The number of aliphatic carboxylic acids is 1. The van der Waals surface area contributed by atoms with Crippen molar-refractivity contribution in [3.8, 4) is 0 Å². The zero-order valence-electron chi connectivity index (χ0n) is 54.6. The van der Waals surface area contributed by atoms with Crippen LogP contribution in [0.4, 0.5) is 0 Å². The van der Waals surface area contributed by atoms with Crippen LogP contribution in [-0.4, -0.2) is 55.7 Å². The number of fused-ring (bicyclic) bond motifs is 4. The first-order valence-electron chi connectivity index (χ1n) is 27.0. The maximum absolute atomic E-state index is 11.2. The molecule has 8 aromatic rings. The molecule has 0 spiro atoms. The summed E-state index contributed by atoms with van der Waals surface area (Å²) in [6.45, 7) is 51.3. The Bertz CT molecular complexity index is 2330. The van der Waals surface area contributed by atoms with Gasteiger partial charge in [-0.3, -0.25) is 24.0 Å². The fourth-order valence-corrected chi connectivity index (χ4v) is 5.52. The monoisotopic (exact) mass is 1590 g/mol. The standard InChI is InChI=1S/4C9H10N2O.C2H4O2.9C2H6.C2H4.CH5N.CH3.W.4Y/c4*1-2-7-6-10-9(12)8-4-3-5-11(7)8;1-2(3)4;11*1-2;;;;;;/h4*3-6H,2H2,1H3,(H,10,12);1H3,(H,3,4);9*1-2H3;1-2H2;2H2,1H3;1H3;;;;;/q;;;;;;;;;;;;;;;;-1;;;;;. The molecule has 80 heavy (non-hydrogen) atoms. The molecule has 0 fully saturated rings. The zero-order valence-corrected chi connectivity index (χ0v) is 68.8. The molecule has 0 saturated carbocycles. The topological polar surface area (TPSA) is 212 Å². The molecule has 0 atom stereocenters. The summed E-state index contributed by atoms with van der Waals surface area (Å²) >= 11 is 0. The molecule has 450 valence electrons. The van der Waals surface area contributed by atoms with Gasteiger partial charge in [-0.05, 0) is 81.3 Å². The Morgan fingerprint density at radius 1 is 0.412 bits per heavy atom. The van der Waals surface area contributed by atoms with Gasteiger partial charge in [0.25, 0.3) is 28.2 Å². The summed E-state index contributed by atoms with van der Waals surface area (Å²) in [6.07, 6.45) is 18.3. The summed E-state index contributed by atoms with van der Waals surface area (Å²) in [5, 5.41) is 7.42. The van der Waals surface area contributed by atoms with Gasteiger partial charge in [0.05, 0.1) is 0 Å². The number of nitrogens with two attached hydrogens (primary N) is 1. The molecule has 8 heterocycles. The van der Waals surface area contributed by atoms with Crippen molar-refractivity contribution >= 4 is 28.0 Å². The average Bonchev–Trinajstić information content (AvgIpc) is 4.36. The van der Waals surface area contributed by atoms with Crippen LogP contribution >= 0.6 is 0 Å². The number of H-pyrrole nitrogens is 4. The Labute approximate surface area is 600 Å². The first-order chi connectivity index (χ1) is 36.0. The number of carboxylic acids is 1. The van der Waals surface area contributed by atoms with E-state index in [0.29, 0.717) is 22.1 Å². The van der Waals surface area contributed by atoms with Gasteiger partial charge in [0, 0.05) is 231 Å². The molecule has 15 nitrogen and oxygen atoms in total. The van der Waals surface area contributed by atoms with Crippen LogP contribution in [0.1, 0.15) is 182 Å². The van der Waals surface area contributed by atoms with E-state index >= 15 is 0 Å². The van der Waals surface area contributed by atoms with E-state index in [0.717, 1.165) is 55.4 Å². The molecule has 7 N–H and O–H groups in total. The fraction of sp³-hybridized carbons (Fsp3) is 0.467. The minimum atomic E-state index is -0.833. The average molecular weight is 1590 g/mol. The third kappa shape index (κ3) is 44.7. The van der Waals surface area contributed by atoms with Crippen molar-refractivity contribution in [1.82, 2.24) is 37.5 Å². The summed E-state index contributed by atoms with van der Waals surface area (Å²) in [5.74, 6) is -0.833. The van der Waals surface area contributed by atoms with Gasteiger partial charge in [-0.2, -0.15) is 0 Å². The molecule has 8 rings (SSSR count).